The number of aliphatic imine (C=N–C) groups is 1. The molecule has 0 atom stereocenters. The minimum atomic E-state index is 0.619. The third kappa shape index (κ3) is 3.95. The van der Waals surface area contributed by atoms with Crippen LogP contribution in [0.25, 0.3) is 0 Å². The van der Waals surface area contributed by atoms with Crippen LogP contribution in [0.2, 0.25) is 0 Å². The Morgan fingerprint density at radius 2 is 2.17 bits per heavy atom. The zero-order valence-electron chi connectivity index (χ0n) is 11.1. The van der Waals surface area contributed by atoms with Crippen molar-refractivity contribution in [3.8, 4) is 5.75 Å². The van der Waals surface area contributed by atoms with E-state index in [1.807, 2.05) is 18.2 Å². The maximum absolute atomic E-state index is 5.71. The zero-order chi connectivity index (χ0) is 12.8. The van der Waals surface area contributed by atoms with Crippen molar-refractivity contribution in [3.05, 3.63) is 29.8 Å². The minimum Gasteiger partial charge on any atom is -0.491 e. The van der Waals surface area contributed by atoms with E-state index in [4.69, 9.17) is 4.74 Å². The van der Waals surface area contributed by atoms with Gasteiger partial charge in [0.05, 0.1) is 6.54 Å². The highest BCUT2D eigenvalue weighted by Gasteiger charge is 2.21. The molecule has 0 spiro atoms. The van der Waals surface area contributed by atoms with E-state index < -0.39 is 0 Å². The summed E-state index contributed by atoms with van der Waals surface area (Å²) >= 11 is 0. The Morgan fingerprint density at radius 1 is 1.39 bits per heavy atom. The van der Waals surface area contributed by atoms with Crippen LogP contribution in [-0.4, -0.2) is 32.2 Å². The molecule has 1 fully saturated rings. The molecule has 4 heteroatoms. The smallest absolute Gasteiger partial charge is 0.191 e. The van der Waals surface area contributed by atoms with Gasteiger partial charge in [0.25, 0.3) is 0 Å². The van der Waals surface area contributed by atoms with Crippen molar-refractivity contribution in [2.24, 2.45) is 4.99 Å². The van der Waals surface area contributed by atoms with Crippen LogP contribution < -0.4 is 15.4 Å². The molecule has 2 N–H and O–H groups in total. The SMILES string of the molecule is CN=C(NCCOc1ccccc1C)NC1CC1. The second-order valence-electron chi connectivity index (χ2n) is 4.53. The summed E-state index contributed by atoms with van der Waals surface area (Å²) in [5.41, 5.74) is 1.16. The van der Waals surface area contributed by atoms with E-state index in [2.05, 4.69) is 28.6 Å². The first kappa shape index (κ1) is 12.7. The molecule has 0 heterocycles. The second kappa shape index (κ2) is 6.28. The molecule has 0 radical (unpaired) electrons. The molecule has 0 bridgehead atoms. The Kier molecular flexibility index (Phi) is 4.45. The fraction of sp³-hybridized carbons (Fsp3) is 0.500. The highest BCUT2D eigenvalue weighted by Crippen LogP contribution is 2.18. The van der Waals surface area contributed by atoms with Crippen molar-refractivity contribution in [2.45, 2.75) is 25.8 Å². The lowest BCUT2D eigenvalue weighted by Crippen LogP contribution is -2.40. The van der Waals surface area contributed by atoms with Gasteiger partial charge in [-0.05, 0) is 31.4 Å². The Balaban J connectivity index is 1.67. The van der Waals surface area contributed by atoms with Crippen LogP contribution in [0.3, 0.4) is 0 Å². The number of guanidine groups is 1. The molecule has 18 heavy (non-hydrogen) atoms. The lowest BCUT2D eigenvalue weighted by Gasteiger charge is -2.12. The molecule has 0 amide bonds. The van der Waals surface area contributed by atoms with Gasteiger partial charge in [0.1, 0.15) is 12.4 Å². The molecule has 2 rings (SSSR count). The third-order valence-corrected chi connectivity index (χ3v) is 2.89. The van der Waals surface area contributed by atoms with E-state index in [0.29, 0.717) is 12.6 Å². The summed E-state index contributed by atoms with van der Waals surface area (Å²) in [6, 6.07) is 8.67. The number of nitrogens with zero attached hydrogens (tertiary/aromatic N) is 1. The van der Waals surface area contributed by atoms with Crippen molar-refractivity contribution >= 4 is 5.96 Å². The molecule has 4 nitrogen and oxygen atoms in total. The number of hydrogen-bond donors (Lipinski definition) is 2. The fourth-order valence-corrected chi connectivity index (χ4v) is 1.66. The fourth-order valence-electron chi connectivity index (χ4n) is 1.66. The number of hydrogen-bond acceptors (Lipinski definition) is 2. The maximum atomic E-state index is 5.71. The Hall–Kier alpha value is -1.71. The predicted molar refractivity (Wildman–Crippen MR) is 74.2 cm³/mol. The van der Waals surface area contributed by atoms with Crippen LogP contribution in [0.4, 0.5) is 0 Å². The average Bonchev–Trinajstić information content (AvgIpc) is 3.19. The van der Waals surface area contributed by atoms with Crippen LogP contribution in [0.1, 0.15) is 18.4 Å². The van der Waals surface area contributed by atoms with E-state index in [-0.39, 0.29) is 0 Å². The van der Waals surface area contributed by atoms with Crippen molar-refractivity contribution in [3.63, 3.8) is 0 Å². The van der Waals surface area contributed by atoms with Crippen molar-refractivity contribution in [2.75, 3.05) is 20.2 Å². The Morgan fingerprint density at radius 3 is 2.83 bits per heavy atom. The van der Waals surface area contributed by atoms with E-state index in [1.165, 1.54) is 12.8 Å². The van der Waals surface area contributed by atoms with Crippen LogP contribution in [0.15, 0.2) is 29.3 Å². The predicted octanol–water partition coefficient (Wildman–Crippen LogP) is 1.70. The Bertz CT molecular complexity index is 413. The van der Waals surface area contributed by atoms with Gasteiger partial charge in [-0.3, -0.25) is 4.99 Å². The molecule has 0 aromatic heterocycles. The topological polar surface area (TPSA) is 45.7 Å². The van der Waals surface area contributed by atoms with Crippen LogP contribution in [0, 0.1) is 6.92 Å². The van der Waals surface area contributed by atoms with E-state index >= 15 is 0 Å². The molecule has 98 valence electrons. The van der Waals surface area contributed by atoms with Gasteiger partial charge in [0, 0.05) is 13.1 Å². The van der Waals surface area contributed by atoms with Gasteiger partial charge in [0.2, 0.25) is 0 Å². The molecule has 0 saturated heterocycles. The van der Waals surface area contributed by atoms with Crippen LogP contribution in [-0.2, 0) is 0 Å². The van der Waals surface area contributed by atoms with Crippen LogP contribution >= 0.6 is 0 Å². The summed E-state index contributed by atoms with van der Waals surface area (Å²) < 4.78 is 5.71. The van der Waals surface area contributed by atoms with Gasteiger partial charge in [-0.25, -0.2) is 0 Å². The first-order valence-electron chi connectivity index (χ1n) is 6.45. The van der Waals surface area contributed by atoms with Gasteiger partial charge < -0.3 is 15.4 Å². The van der Waals surface area contributed by atoms with E-state index in [1.54, 1.807) is 7.05 Å². The standard InChI is InChI=1S/C14H21N3O/c1-11-5-3-4-6-13(11)18-10-9-16-14(15-2)17-12-7-8-12/h3-6,12H,7-10H2,1-2H3,(H2,15,16,17). The maximum Gasteiger partial charge on any atom is 0.191 e. The first-order chi connectivity index (χ1) is 8.79. The van der Waals surface area contributed by atoms with Gasteiger partial charge in [0.15, 0.2) is 5.96 Å². The van der Waals surface area contributed by atoms with Gasteiger partial charge in [-0.2, -0.15) is 0 Å². The monoisotopic (exact) mass is 247 g/mol. The van der Waals surface area contributed by atoms with Crippen molar-refractivity contribution in [1.82, 2.24) is 10.6 Å². The minimum absolute atomic E-state index is 0.619. The number of aryl methyl sites for hydroxylation is 1. The third-order valence-electron chi connectivity index (χ3n) is 2.89. The lowest BCUT2D eigenvalue weighted by molar-refractivity contribution is 0.320. The summed E-state index contributed by atoms with van der Waals surface area (Å²) in [7, 11) is 1.79. The zero-order valence-corrected chi connectivity index (χ0v) is 11.1. The molecule has 1 saturated carbocycles. The first-order valence-corrected chi connectivity index (χ1v) is 6.45. The average molecular weight is 247 g/mol. The number of benzene rings is 1. The largest absolute Gasteiger partial charge is 0.491 e. The Labute approximate surface area is 108 Å². The van der Waals surface area contributed by atoms with Gasteiger partial charge >= 0.3 is 0 Å². The van der Waals surface area contributed by atoms with E-state index in [0.717, 1.165) is 23.8 Å². The summed E-state index contributed by atoms with van der Waals surface area (Å²) in [6.07, 6.45) is 2.50. The quantitative estimate of drug-likeness (QED) is 0.473. The summed E-state index contributed by atoms with van der Waals surface area (Å²) in [5, 5.41) is 6.58. The molecule has 0 aliphatic heterocycles. The molecule has 1 aromatic carbocycles. The molecule has 1 aliphatic carbocycles. The lowest BCUT2D eigenvalue weighted by atomic mass is 10.2. The number of rotatable bonds is 5. The van der Waals surface area contributed by atoms with Crippen LogP contribution in [0.5, 0.6) is 5.75 Å². The molecular formula is C14H21N3O. The molecule has 1 aromatic rings. The number of ether oxygens (including phenoxy) is 1. The normalized spacial score (nSPS) is 15.3. The molecular weight excluding hydrogens is 226 g/mol. The van der Waals surface area contributed by atoms with Gasteiger partial charge in [-0.1, -0.05) is 18.2 Å². The molecule has 0 unspecified atom stereocenters. The highest BCUT2D eigenvalue weighted by atomic mass is 16.5. The molecule has 1 aliphatic rings. The summed E-state index contributed by atoms with van der Waals surface area (Å²) in [5.74, 6) is 1.82. The summed E-state index contributed by atoms with van der Waals surface area (Å²) in [4.78, 5) is 4.17. The van der Waals surface area contributed by atoms with Crippen molar-refractivity contribution in [1.29, 1.82) is 0 Å². The van der Waals surface area contributed by atoms with Gasteiger partial charge in [-0.15, -0.1) is 0 Å². The summed E-state index contributed by atoms with van der Waals surface area (Å²) in [6.45, 7) is 3.44. The van der Waals surface area contributed by atoms with E-state index in [9.17, 15) is 0 Å². The number of nitrogens with one attached hydrogen (secondary N) is 2. The second-order valence-corrected chi connectivity index (χ2v) is 4.53. The van der Waals surface area contributed by atoms with Crippen molar-refractivity contribution < 1.29 is 4.74 Å². The highest BCUT2D eigenvalue weighted by molar-refractivity contribution is 5.80. The number of para-hydroxylation sites is 1.